The second-order valence-electron chi connectivity index (χ2n) is 4.50. The van der Waals surface area contributed by atoms with Gasteiger partial charge < -0.3 is 10.6 Å². The Morgan fingerprint density at radius 2 is 2.25 bits per heavy atom. The number of amides is 1. The molecule has 2 N–H and O–H groups in total. The quantitative estimate of drug-likeness (QED) is 0.840. The van der Waals surface area contributed by atoms with Gasteiger partial charge in [-0.25, -0.2) is 9.97 Å². The largest absolute Gasteiger partial charge is 0.372 e. The maximum atomic E-state index is 11.5. The summed E-state index contributed by atoms with van der Waals surface area (Å²) in [7, 11) is 3.73. The molecule has 0 spiro atoms. The first-order valence-electron chi connectivity index (χ1n) is 6.51. The highest BCUT2D eigenvalue weighted by molar-refractivity contribution is 7.16. The molecule has 0 bridgehead atoms. The van der Waals surface area contributed by atoms with E-state index in [1.165, 1.54) is 0 Å². The van der Waals surface area contributed by atoms with E-state index in [1.54, 1.807) is 11.3 Å². The number of nitrogens with zero attached hydrogens (tertiary/aromatic N) is 3. The van der Waals surface area contributed by atoms with E-state index in [0.717, 1.165) is 21.9 Å². The van der Waals surface area contributed by atoms with E-state index >= 15 is 0 Å². The summed E-state index contributed by atoms with van der Waals surface area (Å²) in [5, 5.41) is 8.90. The fourth-order valence-electron chi connectivity index (χ4n) is 1.96. The van der Waals surface area contributed by atoms with Crippen LogP contribution in [-0.2, 0) is 11.3 Å². The zero-order valence-electron chi connectivity index (χ0n) is 11.9. The van der Waals surface area contributed by atoms with E-state index in [4.69, 9.17) is 0 Å². The van der Waals surface area contributed by atoms with Crippen molar-refractivity contribution in [3.8, 4) is 0 Å². The molecule has 1 amide bonds. The Morgan fingerprint density at radius 1 is 1.45 bits per heavy atom. The smallest absolute Gasteiger partial charge is 0.234 e. The molecule has 108 valence electrons. The Labute approximate surface area is 122 Å². The van der Waals surface area contributed by atoms with Crippen molar-refractivity contribution in [3.63, 3.8) is 0 Å². The maximum Gasteiger partial charge on any atom is 0.234 e. The second kappa shape index (κ2) is 6.62. The Kier molecular flexibility index (Phi) is 4.86. The maximum absolute atomic E-state index is 11.5. The lowest BCUT2D eigenvalue weighted by molar-refractivity contribution is -0.121. The monoisotopic (exact) mass is 293 g/mol. The number of carbonyl (C=O) groups is 1. The molecule has 0 saturated carbocycles. The number of thiophene rings is 1. The van der Waals surface area contributed by atoms with Crippen LogP contribution in [0.4, 0.5) is 5.82 Å². The van der Waals surface area contributed by atoms with Crippen molar-refractivity contribution in [2.24, 2.45) is 0 Å². The normalized spacial score (nSPS) is 11.0. The molecule has 0 aliphatic rings. The van der Waals surface area contributed by atoms with E-state index in [1.807, 2.05) is 37.4 Å². The summed E-state index contributed by atoms with van der Waals surface area (Å²) in [6.45, 7) is 3.44. The van der Waals surface area contributed by atoms with Gasteiger partial charge in [-0.3, -0.25) is 9.69 Å². The van der Waals surface area contributed by atoms with Crippen molar-refractivity contribution in [2.45, 2.75) is 13.5 Å². The number of fused-ring (bicyclic) bond motifs is 1. The first-order valence-corrected chi connectivity index (χ1v) is 7.39. The number of anilines is 1. The fourth-order valence-corrected chi connectivity index (χ4v) is 2.74. The highest BCUT2D eigenvalue weighted by atomic mass is 32.1. The lowest BCUT2D eigenvalue weighted by Crippen LogP contribution is -2.35. The van der Waals surface area contributed by atoms with E-state index in [-0.39, 0.29) is 5.91 Å². The standard InChI is InChI=1S/C13H19N5OS/c1-4-15-11(19)8-18(3)7-10-16-12(14-2)9-5-6-20-13(9)17-10/h5-6H,4,7-8H2,1-3H3,(H,15,19)(H,14,16,17). The summed E-state index contributed by atoms with van der Waals surface area (Å²) in [6, 6.07) is 2.01. The van der Waals surface area contributed by atoms with Gasteiger partial charge in [-0.15, -0.1) is 11.3 Å². The minimum atomic E-state index is 0.0149. The first kappa shape index (κ1) is 14.7. The van der Waals surface area contributed by atoms with Crippen molar-refractivity contribution < 1.29 is 4.79 Å². The average molecular weight is 293 g/mol. The van der Waals surface area contributed by atoms with Crippen LogP contribution in [0.15, 0.2) is 11.4 Å². The molecule has 2 aromatic heterocycles. The van der Waals surface area contributed by atoms with Gasteiger partial charge in [-0.05, 0) is 25.4 Å². The van der Waals surface area contributed by atoms with Crippen LogP contribution in [0.1, 0.15) is 12.7 Å². The van der Waals surface area contributed by atoms with Gasteiger partial charge in [0.25, 0.3) is 0 Å². The number of nitrogens with one attached hydrogen (secondary N) is 2. The average Bonchev–Trinajstić information content (AvgIpc) is 2.85. The minimum absolute atomic E-state index is 0.0149. The van der Waals surface area contributed by atoms with Gasteiger partial charge in [-0.2, -0.15) is 0 Å². The van der Waals surface area contributed by atoms with E-state index in [2.05, 4.69) is 20.6 Å². The van der Waals surface area contributed by atoms with Crippen LogP contribution >= 0.6 is 11.3 Å². The zero-order valence-corrected chi connectivity index (χ0v) is 12.8. The first-order chi connectivity index (χ1) is 9.63. The van der Waals surface area contributed by atoms with Crippen molar-refractivity contribution in [2.75, 3.05) is 32.5 Å². The Morgan fingerprint density at radius 3 is 2.95 bits per heavy atom. The van der Waals surface area contributed by atoms with Crippen LogP contribution in [0.25, 0.3) is 10.2 Å². The number of carbonyl (C=O) groups excluding carboxylic acids is 1. The summed E-state index contributed by atoms with van der Waals surface area (Å²) in [5.41, 5.74) is 0. The molecule has 2 rings (SSSR count). The number of aromatic nitrogens is 2. The van der Waals surface area contributed by atoms with Gasteiger partial charge in [-0.1, -0.05) is 0 Å². The molecule has 0 unspecified atom stereocenters. The summed E-state index contributed by atoms with van der Waals surface area (Å²) < 4.78 is 0. The Bertz CT molecular complexity index is 597. The summed E-state index contributed by atoms with van der Waals surface area (Å²) in [6.07, 6.45) is 0. The molecule has 2 heterocycles. The summed E-state index contributed by atoms with van der Waals surface area (Å²) >= 11 is 1.59. The summed E-state index contributed by atoms with van der Waals surface area (Å²) in [4.78, 5) is 23.4. The number of hydrogen-bond donors (Lipinski definition) is 2. The molecule has 0 fully saturated rings. The van der Waals surface area contributed by atoms with Gasteiger partial charge >= 0.3 is 0 Å². The lowest BCUT2D eigenvalue weighted by atomic mass is 10.3. The van der Waals surface area contributed by atoms with Crippen LogP contribution in [-0.4, -0.2) is 48.0 Å². The molecule has 2 aromatic rings. The topological polar surface area (TPSA) is 70.2 Å². The summed E-state index contributed by atoms with van der Waals surface area (Å²) in [5.74, 6) is 1.56. The third-order valence-electron chi connectivity index (χ3n) is 2.81. The second-order valence-corrected chi connectivity index (χ2v) is 5.40. The van der Waals surface area contributed by atoms with Crippen LogP contribution in [0, 0.1) is 0 Å². The fraction of sp³-hybridized carbons (Fsp3) is 0.462. The highest BCUT2D eigenvalue weighted by Crippen LogP contribution is 2.24. The van der Waals surface area contributed by atoms with Crippen LogP contribution in [0.2, 0.25) is 0 Å². The zero-order chi connectivity index (χ0) is 14.5. The molecular weight excluding hydrogens is 274 g/mol. The predicted octanol–water partition coefficient (Wildman–Crippen LogP) is 1.30. The molecule has 0 aromatic carbocycles. The van der Waals surface area contributed by atoms with E-state index in [9.17, 15) is 4.79 Å². The molecule has 0 atom stereocenters. The number of hydrogen-bond acceptors (Lipinski definition) is 6. The number of rotatable bonds is 6. The molecular formula is C13H19N5OS. The Balaban J connectivity index is 2.10. The highest BCUT2D eigenvalue weighted by Gasteiger charge is 2.11. The van der Waals surface area contributed by atoms with Crippen molar-refractivity contribution in [1.82, 2.24) is 20.2 Å². The van der Waals surface area contributed by atoms with Gasteiger partial charge in [0.15, 0.2) is 0 Å². The third kappa shape index (κ3) is 3.43. The van der Waals surface area contributed by atoms with E-state index in [0.29, 0.717) is 19.6 Å². The molecule has 0 radical (unpaired) electrons. The molecule has 0 saturated heterocycles. The Hall–Kier alpha value is -1.73. The van der Waals surface area contributed by atoms with Crippen LogP contribution in [0.5, 0.6) is 0 Å². The molecule has 20 heavy (non-hydrogen) atoms. The van der Waals surface area contributed by atoms with Gasteiger partial charge in [0, 0.05) is 13.6 Å². The number of likely N-dealkylation sites (N-methyl/N-ethyl adjacent to an activating group) is 2. The van der Waals surface area contributed by atoms with Crippen LogP contribution < -0.4 is 10.6 Å². The third-order valence-corrected chi connectivity index (χ3v) is 3.61. The lowest BCUT2D eigenvalue weighted by Gasteiger charge is -2.15. The van der Waals surface area contributed by atoms with Crippen molar-refractivity contribution >= 4 is 33.3 Å². The minimum Gasteiger partial charge on any atom is -0.372 e. The van der Waals surface area contributed by atoms with E-state index < -0.39 is 0 Å². The van der Waals surface area contributed by atoms with Crippen molar-refractivity contribution in [3.05, 3.63) is 17.3 Å². The SMILES string of the molecule is CCNC(=O)CN(C)Cc1nc(NC)c2ccsc2n1. The molecule has 0 aliphatic heterocycles. The predicted molar refractivity (Wildman–Crippen MR) is 82.0 cm³/mol. The van der Waals surface area contributed by atoms with Gasteiger partial charge in [0.2, 0.25) is 5.91 Å². The van der Waals surface area contributed by atoms with Gasteiger partial charge in [0.1, 0.15) is 16.5 Å². The van der Waals surface area contributed by atoms with Gasteiger partial charge in [0.05, 0.1) is 18.5 Å². The molecule has 6 nitrogen and oxygen atoms in total. The molecule has 0 aliphatic carbocycles. The molecule has 7 heteroatoms. The van der Waals surface area contributed by atoms with Crippen molar-refractivity contribution in [1.29, 1.82) is 0 Å². The van der Waals surface area contributed by atoms with Crippen LogP contribution in [0.3, 0.4) is 0 Å².